The number of aliphatic carboxylic acids is 1. The van der Waals surface area contributed by atoms with Crippen LogP contribution in [0.15, 0.2) is 18.2 Å². The molecular weight excluding hydrogens is 310 g/mol. The molecule has 1 aromatic carbocycles. The van der Waals surface area contributed by atoms with Crippen molar-refractivity contribution in [3.8, 4) is 5.75 Å². The monoisotopic (exact) mass is 329 g/mol. The number of phenols is 1. The predicted octanol–water partition coefficient (Wildman–Crippen LogP) is 3.13. The normalized spacial score (nSPS) is 14.0. The van der Waals surface area contributed by atoms with Gasteiger partial charge in [-0.05, 0) is 38.5 Å². The third-order valence-electron chi connectivity index (χ3n) is 2.94. The first-order valence-corrected chi connectivity index (χ1v) is 7.10. The van der Waals surface area contributed by atoms with Crippen molar-refractivity contribution < 1.29 is 24.5 Å². The minimum atomic E-state index is -1.19. The number of hydrogen-bond acceptors (Lipinski definition) is 4. The maximum atomic E-state index is 11.8. The zero-order chi connectivity index (χ0) is 17.1. The van der Waals surface area contributed by atoms with Gasteiger partial charge in [0.15, 0.2) is 0 Å². The first-order chi connectivity index (χ1) is 10.0. The van der Waals surface area contributed by atoms with Crippen LogP contribution in [0.4, 0.5) is 4.79 Å². The van der Waals surface area contributed by atoms with Crippen LogP contribution in [0.5, 0.6) is 5.75 Å². The number of halogens is 1. The highest BCUT2D eigenvalue weighted by Gasteiger charge is 2.30. The minimum Gasteiger partial charge on any atom is -0.506 e. The number of hydrogen-bond donors (Lipinski definition) is 3. The Balaban J connectivity index is 2.92. The van der Waals surface area contributed by atoms with E-state index < -0.39 is 29.6 Å². The average Bonchev–Trinajstić information content (AvgIpc) is 2.36. The second-order valence-corrected chi connectivity index (χ2v) is 6.37. The smallest absolute Gasteiger partial charge is 0.408 e. The molecule has 3 N–H and O–H groups in total. The van der Waals surface area contributed by atoms with Crippen molar-refractivity contribution in [2.75, 3.05) is 0 Å². The van der Waals surface area contributed by atoms with E-state index in [1.807, 2.05) is 0 Å². The fourth-order valence-electron chi connectivity index (χ4n) is 1.83. The summed E-state index contributed by atoms with van der Waals surface area (Å²) in [6.07, 6.45) is -0.809. The van der Waals surface area contributed by atoms with Crippen LogP contribution in [0.25, 0.3) is 0 Å². The molecular formula is C15H20ClNO5. The van der Waals surface area contributed by atoms with Crippen LogP contribution in [-0.4, -0.2) is 33.9 Å². The van der Waals surface area contributed by atoms with Gasteiger partial charge in [-0.2, -0.15) is 0 Å². The van der Waals surface area contributed by atoms with Gasteiger partial charge in [0.05, 0.1) is 5.02 Å². The Hall–Kier alpha value is -1.95. The summed E-state index contributed by atoms with van der Waals surface area (Å²) in [6.45, 7) is 6.70. The quantitative estimate of drug-likeness (QED) is 0.788. The summed E-state index contributed by atoms with van der Waals surface area (Å²) in [4.78, 5) is 23.2. The molecule has 0 radical (unpaired) electrons. The van der Waals surface area contributed by atoms with Gasteiger partial charge >= 0.3 is 12.1 Å². The van der Waals surface area contributed by atoms with Gasteiger partial charge < -0.3 is 20.3 Å². The maximum absolute atomic E-state index is 11.8. The van der Waals surface area contributed by atoms with E-state index in [0.717, 1.165) is 0 Å². The minimum absolute atomic E-state index is 0.0930. The van der Waals surface area contributed by atoms with Gasteiger partial charge in [0.1, 0.15) is 17.4 Å². The molecule has 0 bridgehead atoms. The third-order valence-corrected chi connectivity index (χ3v) is 3.24. The molecule has 0 saturated heterocycles. The lowest BCUT2D eigenvalue weighted by atomic mass is 9.93. The number of carboxylic acids is 1. The Kier molecular flexibility index (Phi) is 5.65. The van der Waals surface area contributed by atoms with Crippen LogP contribution < -0.4 is 5.32 Å². The number of ether oxygens (including phenoxy) is 1. The van der Waals surface area contributed by atoms with Crippen molar-refractivity contribution >= 4 is 23.7 Å². The molecule has 0 aliphatic rings. The molecule has 0 aliphatic heterocycles. The lowest BCUT2D eigenvalue weighted by molar-refractivity contribution is -0.140. The van der Waals surface area contributed by atoms with Gasteiger partial charge in [-0.25, -0.2) is 9.59 Å². The zero-order valence-corrected chi connectivity index (χ0v) is 13.6. The van der Waals surface area contributed by atoms with E-state index in [1.165, 1.54) is 12.1 Å². The molecule has 0 fully saturated rings. The molecule has 22 heavy (non-hydrogen) atoms. The fraction of sp³-hybridized carbons (Fsp3) is 0.467. The van der Waals surface area contributed by atoms with Crippen LogP contribution in [-0.2, 0) is 9.53 Å². The van der Waals surface area contributed by atoms with Crippen molar-refractivity contribution in [2.45, 2.75) is 45.3 Å². The SMILES string of the molecule is CC(c1ccc(O)c(Cl)c1)C(NC(=O)OC(C)(C)C)C(=O)O. The van der Waals surface area contributed by atoms with Crippen LogP contribution in [0.2, 0.25) is 5.02 Å². The number of amides is 1. The Morgan fingerprint density at radius 2 is 1.91 bits per heavy atom. The van der Waals surface area contributed by atoms with Gasteiger partial charge in [-0.3, -0.25) is 0 Å². The summed E-state index contributed by atoms with van der Waals surface area (Å²) in [6, 6.07) is 3.21. The lowest BCUT2D eigenvalue weighted by Crippen LogP contribution is -2.46. The number of benzene rings is 1. The Labute approximate surface area is 134 Å². The van der Waals surface area contributed by atoms with Crippen molar-refractivity contribution in [3.63, 3.8) is 0 Å². The van der Waals surface area contributed by atoms with Gasteiger partial charge in [0, 0.05) is 5.92 Å². The highest BCUT2D eigenvalue weighted by atomic mass is 35.5. The first-order valence-electron chi connectivity index (χ1n) is 6.72. The highest BCUT2D eigenvalue weighted by molar-refractivity contribution is 6.32. The van der Waals surface area contributed by atoms with E-state index in [2.05, 4.69) is 5.32 Å². The van der Waals surface area contributed by atoms with E-state index in [1.54, 1.807) is 33.8 Å². The van der Waals surface area contributed by atoms with E-state index >= 15 is 0 Å². The molecule has 1 aromatic rings. The summed E-state index contributed by atoms with van der Waals surface area (Å²) in [5.74, 6) is -1.85. The number of rotatable bonds is 4. The number of carbonyl (C=O) groups excluding carboxylic acids is 1. The summed E-state index contributed by atoms with van der Waals surface area (Å²) in [5, 5.41) is 21.2. The summed E-state index contributed by atoms with van der Waals surface area (Å²) in [5.41, 5.74) is -0.149. The molecule has 0 aliphatic carbocycles. The van der Waals surface area contributed by atoms with Crippen molar-refractivity contribution in [2.24, 2.45) is 0 Å². The van der Waals surface area contributed by atoms with Gasteiger partial charge in [-0.15, -0.1) is 0 Å². The molecule has 2 unspecified atom stereocenters. The number of phenolic OH excluding ortho intramolecular Hbond substituents is 1. The summed E-state index contributed by atoms with van der Waals surface area (Å²) in [7, 11) is 0. The topological polar surface area (TPSA) is 95.9 Å². The second kappa shape index (κ2) is 6.87. The van der Waals surface area contributed by atoms with Crippen LogP contribution in [0, 0.1) is 0 Å². The van der Waals surface area contributed by atoms with Crippen LogP contribution >= 0.6 is 11.6 Å². The van der Waals surface area contributed by atoms with Crippen molar-refractivity contribution in [1.82, 2.24) is 5.32 Å². The number of aromatic hydroxyl groups is 1. The summed E-state index contributed by atoms with van der Waals surface area (Å²) < 4.78 is 5.07. The molecule has 2 atom stereocenters. The zero-order valence-electron chi connectivity index (χ0n) is 12.9. The molecule has 0 spiro atoms. The molecule has 1 amide bonds. The fourth-order valence-corrected chi connectivity index (χ4v) is 2.02. The molecule has 122 valence electrons. The van der Waals surface area contributed by atoms with E-state index in [9.17, 15) is 19.8 Å². The number of carbonyl (C=O) groups is 2. The van der Waals surface area contributed by atoms with Gasteiger partial charge in [0.25, 0.3) is 0 Å². The summed E-state index contributed by atoms with van der Waals surface area (Å²) >= 11 is 5.83. The number of nitrogens with one attached hydrogen (secondary N) is 1. The van der Waals surface area contributed by atoms with Crippen LogP contribution in [0.3, 0.4) is 0 Å². The first kappa shape index (κ1) is 18.1. The average molecular weight is 330 g/mol. The highest BCUT2D eigenvalue weighted by Crippen LogP contribution is 2.29. The Morgan fingerprint density at radius 3 is 2.36 bits per heavy atom. The third kappa shape index (κ3) is 5.11. The lowest BCUT2D eigenvalue weighted by Gasteiger charge is -2.25. The number of carboxylic acid groups (broad SMARTS) is 1. The van der Waals surface area contributed by atoms with E-state index in [-0.39, 0.29) is 10.8 Å². The van der Waals surface area contributed by atoms with E-state index in [0.29, 0.717) is 5.56 Å². The molecule has 0 saturated carbocycles. The molecule has 7 heteroatoms. The Morgan fingerprint density at radius 1 is 1.32 bits per heavy atom. The van der Waals surface area contributed by atoms with E-state index in [4.69, 9.17) is 16.3 Å². The van der Waals surface area contributed by atoms with Gasteiger partial charge in [-0.1, -0.05) is 24.6 Å². The molecule has 1 rings (SSSR count). The Bertz CT molecular complexity index is 568. The van der Waals surface area contributed by atoms with Crippen LogP contribution in [0.1, 0.15) is 39.2 Å². The van der Waals surface area contributed by atoms with Crippen molar-refractivity contribution in [3.05, 3.63) is 28.8 Å². The molecule has 0 heterocycles. The van der Waals surface area contributed by atoms with Crippen molar-refractivity contribution in [1.29, 1.82) is 0 Å². The van der Waals surface area contributed by atoms with Gasteiger partial charge in [0.2, 0.25) is 0 Å². The standard InChI is InChI=1S/C15H20ClNO5/c1-8(9-5-6-11(18)10(16)7-9)12(13(19)20)17-14(21)22-15(2,3)4/h5-8,12,18H,1-4H3,(H,17,21)(H,19,20). The second-order valence-electron chi connectivity index (χ2n) is 5.96. The molecule has 6 nitrogen and oxygen atoms in total. The number of alkyl carbamates (subject to hydrolysis) is 1. The maximum Gasteiger partial charge on any atom is 0.408 e. The largest absolute Gasteiger partial charge is 0.506 e. The molecule has 0 aromatic heterocycles. The predicted molar refractivity (Wildman–Crippen MR) is 82.3 cm³/mol.